The summed E-state index contributed by atoms with van der Waals surface area (Å²) < 4.78 is 33.2. The highest BCUT2D eigenvalue weighted by Gasteiger charge is 2.54. The number of fused-ring (bicyclic) bond motifs is 1. The second-order valence-corrected chi connectivity index (χ2v) is 13.8. The Kier molecular flexibility index (Phi) is 7.70. The van der Waals surface area contributed by atoms with Crippen molar-refractivity contribution in [3.05, 3.63) is 44.4 Å². The van der Waals surface area contributed by atoms with Crippen molar-refractivity contribution in [3.8, 4) is 5.75 Å². The van der Waals surface area contributed by atoms with Gasteiger partial charge in [0.05, 0.1) is 33.5 Å². The third-order valence-electron chi connectivity index (χ3n) is 9.84. The Morgan fingerprint density at radius 1 is 1.26 bits per heavy atom. The molecule has 2 amide bonds. The molecule has 12 heteroatoms. The largest absolute Gasteiger partial charge is 0.487 e. The molecule has 1 aromatic heterocycles. The number of likely N-dealkylation sites (tertiary alicyclic amines) is 1. The molecule has 3 fully saturated rings. The van der Waals surface area contributed by atoms with Gasteiger partial charge in [0.1, 0.15) is 12.4 Å². The fourth-order valence-corrected chi connectivity index (χ4v) is 8.03. The molecule has 6 rings (SSSR count). The van der Waals surface area contributed by atoms with Crippen molar-refractivity contribution in [3.63, 3.8) is 0 Å². The zero-order valence-electron chi connectivity index (χ0n) is 23.4. The molecule has 8 nitrogen and oxygen atoms in total. The normalized spacial score (nSPS) is 26.5. The Morgan fingerprint density at radius 3 is 2.74 bits per heavy atom. The molecule has 2 aliphatic heterocycles. The molecular formula is C30H34ClF2N3O5S. The van der Waals surface area contributed by atoms with Crippen LogP contribution in [0.5, 0.6) is 5.75 Å². The van der Waals surface area contributed by atoms with E-state index in [1.165, 1.54) is 5.51 Å². The van der Waals surface area contributed by atoms with Gasteiger partial charge >= 0.3 is 5.97 Å². The van der Waals surface area contributed by atoms with Crippen molar-refractivity contribution in [2.24, 2.45) is 16.7 Å². The smallest absolute Gasteiger partial charge is 0.310 e. The molecule has 0 radical (unpaired) electrons. The van der Waals surface area contributed by atoms with Crippen LogP contribution < -0.4 is 4.74 Å². The predicted octanol–water partition coefficient (Wildman–Crippen LogP) is 6.03. The number of amides is 2. The van der Waals surface area contributed by atoms with Gasteiger partial charge in [0.15, 0.2) is 0 Å². The van der Waals surface area contributed by atoms with Crippen LogP contribution >= 0.6 is 22.9 Å². The molecule has 2 aliphatic carbocycles. The zero-order valence-corrected chi connectivity index (χ0v) is 25.0. The van der Waals surface area contributed by atoms with Crippen molar-refractivity contribution in [2.75, 3.05) is 19.6 Å². The molecule has 1 aromatic carbocycles. The zero-order chi connectivity index (χ0) is 29.8. The van der Waals surface area contributed by atoms with Gasteiger partial charge in [-0.05, 0) is 62.1 Å². The summed E-state index contributed by atoms with van der Waals surface area (Å²) in [7, 11) is 0. The number of aliphatic carboxylic acids is 1. The van der Waals surface area contributed by atoms with Gasteiger partial charge in [0.25, 0.3) is 6.43 Å². The molecule has 42 heavy (non-hydrogen) atoms. The molecule has 3 heterocycles. The highest BCUT2D eigenvalue weighted by molar-refractivity contribution is 7.09. The number of hydrogen-bond acceptors (Lipinski definition) is 6. The molecule has 226 valence electrons. The quantitative estimate of drug-likeness (QED) is 0.386. The molecule has 0 bridgehead atoms. The summed E-state index contributed by atoms with van der Waals surface area (Å²) >= 11 is 7.55. The van der Waals surface area contributed by atoms with Crippen LogP contribution in [0.4, 0.5) is 8.78 Å². The number of alkyl halides is 2. The lowest BCUT2D eigenvalue weighted by atomic mass is 9.66. The first kappa shape index (κ1) is 29.3. The van der Waals surface area contributed by atoms with Gasteiger partial charge in [-0.2, -0.15) is 0 Å². The van der Waals surface area contributed by atoms with Gasteiger partial charge in [0.2, 0.25) is 11.8 Å². The minimum absolute atomic E-state index is 0.0125. The maximum Gasteiger partial charge on any atom is 0.310 e. The number of carboxylic acids is 1. The molecule has 1 saturated heterocycles. The Morgan fingerprint density at radius 2 is 2.05 bits per heavy atom. The van der Waals surface area contributed by atoms with Crippen LogP contribution in [0.25, 0.3) is 0 Å². The number of carbonyl (C=O) groups is 3. The van der Waals surface area contributed by atoms with Gasteiger partial charge in [0, 0.05) is 36.6 Å². The number of aromatic nitrogens is 1. The molecule has 3 atom stereocenters. The first-order valence-corrected chi connectivity index (χ1v) is 15.7. The number of thiazole rings is 1. The fourth-order valence-electron chi connectivity index (χ4n) is 7.12. The highest BCUT2D eigenvalue weighted by Crippen LogP contribution is 2.54. The summed E-state index contributed by atoms with van der Waals surface area (Å²) in [6.07, 6.45) is 2.63. The predicted molar refractivity (Wildman–Crippen MR) is 152 cm³/mol. The van der Waals surface area contributed by atoms with E-state index in [9.17, 15) is 28.3 Å². The van der Waals surface area contributed by atoms with Crippen LogP contribution in [0.1, 0.15) is 86.0 Å². The van der Waals surface area contributed by atoms with Gasteiger partial charge in [-0.25, -0.2) is 13.8 Å². The summed E-state index contributed by atoms with van der Waals surface area (Å²) in [6.45, 7) is 2.63. The van der Waals surface area contributed by atoms with E-state index in [-0.39, 0.29) is 41.0 Å². The third kappa shape index (κ3) is 5.16. The summed E-state index contributed by atoms with van der Waals surface area (Å²) in [5, 5.41) is 10.6. The van der Waals surface area contributed by atoms with Crippen LogP contribution in [0.3, 0.4) is 0 Å². The average molecular weight is 622 g/mol. The lowest BCUT2D eigenvalue weighted by Gasteiger charge is -2.45. The van der Waals surface area contributed by atoms with E-state index < -0.39 is 29.8 Å². The molecule has 1 spiro atoms. The SMILES string of the molecule is C[C@]1(C(=O)O)CCCC[C@H]1C(=O)N1CCc2c(Cl)ccc(OCc3ncsc3C(F)F)c2C1CN1CC2(CC2)CC1=O. The van der Waals surface area contributed by atoms with Gasteiger partial charge < -0.3 is 19.6 Å². The van der Waals surface area contributed by atoms with Crippen LogP contribution in [-0.2, 0) is 27.4 Å². The molecule has 1 N–H and O–H groups in total. The number of ether oxygens (including phenoxy) is 1. The number of benzene rings is 1. The van der Waals surface area contributed by atoms with Crippen LogP contribution in [-0.4, -0.2) is 57.3 Å². The van der Waals surface area contributed by atoms with E-state index in [1.54, 1.807) is 24.0 Å². The van der Waals surface area contributed by atoms with Crippen molar-refractivity contribution in [1.29, 1.82) is 0 Å². The second-order valence-electron chi connectivity index (χ2n) is 12.5. The minimum Gasteiger partial charge on any atom is -0.487 e. The van der Waals surface area contributed by atoms with E-state index in [1.807, 2.05) is 4.90 Å². The van der Waals surface area contributed by atoms with E-state index in [4.69, 9.17) is 16.3 Å². The maximum atomic E-state index is 14.3. The lowest BCUT2D eigenvalue weighted by Crippen LogP contribution is -2.52. The minimum atomic E-state index is -2.67. The van der Waals surface area contributed by atoms with E-state index in [0.29, 0.717) is 55.1 Å². The number of carboxylic acid groups (broad SMARTS) is 1. The molecule has 2 saturated carbocycles. The summed E-state index contributed by atoms with van der Waals surface area (Å²) in [5.74, 6) is -1.50. The van der Waals surface area contributed by atoms with Crippen molar-refractivity contribution in [1.82, 2.24) is 14.8 Å². The van der Waals surface area contributed by atoms with Crippen LogP contribution in [0, 0.1) is 16.7 Å². The molecular weight excluding hydrogens is 588 g/mol. The average Bonchev–Trinajstić information content (AvgIpc) is 3.39. The molecule has 1 unspecified atom stereocenters. The van der Waals surface area contributed by atoms with Crippen molar-refractivity contribution in [2.45, 2.75) is 77.4 Å². The number of carbonyl (C=O) groups excluding carboxylic acids is 2. The van der Waals surface area contributed by atoms with E-state index >= 15 is 0 Å². The Hall–Kier alpha value is -2.79. The van der Waals surface area contributed by atoms with Gasteiger partial charge in [-0.15, -0.1) is 11.3 Å². The van der Waals surface area contributed by atoms with Crippen molar-refractivity contribution >= 4 is 40.7 Å². The first-order chi connectivity index (χ1) is 20.0. The number of halogens is 3. The Bertz CT molecular complexity index is 1420. The number of rotatable bonds is 8. The van der Waals surface area contributed by atoms with Crippen LogP contribution in [0.15, 0.2) is 17.6 Å². The Labute approximate surface area is 252 Å². The third-order valence-corrected chi connectivity index (χ3v) is 11.1. The number of hydrogen-bond donors (Lipinski definition) is 1. The lowest BCUT2D eigenvalue weighted by molar-refractivity contribution is -0.162. The molecule has 2 aromatic rings. The van der Waals surface area contributed by atoms with E-state index in [2.05, 4.69) is 4.98 Å². The molecule has 4 aliphatic rings. The monoisotopic (exact) mass is 621 g/mol. The summed E-state index contributed by atoms with van der Waals surface area (Å²) in [6, 6.07) is 2.74. The fraction of sp³-hybridized carbons (Fsp3) is 0.600. The first-order valence-electron chi connectivity index (χ1n) is 14.5. The van der Waals surface area contributed by atoms with Gasteiger partial charge in [-0.1, -0.05) is 24.4 Å². The van der Waals surface area contributed by atoms with E-state index in [0.717, 1.165) is 42.6 Å². The highest BCUT2D eigenvalue weighted by atomic mass is 35.5. The maximum absolute atomic E-state index is 14.3. The van der Waals surface area contributed by atoms with Crippen molar-refractivity contribution < 1.29 is 33.0 Å². The summed E-state index contributed by atoms with van der Waals surface area (Å²) in [4.78, 5) is 47.3. The standard InChI is InChI=1S/C30H34ClF2N3O5S/c1-29(28(39)40)8-3-2-4-18(29)27(38)36-11-7-17-19(31)5-6-22(41-14-20-25(26(32)33)42-16-34-20)24(17)21(36)13-35-15-30(9-10-30)12-23(35)37/h5-6,16,18,21,26H,2-4,7-15H2,1H3,(H,39,40)/t18-,21?,29-/m0/s1. The Balaban J connectivity index is 1.38. The number of nitrogens with zero attached hydrogens (tertiary/aromatic N) is 3. The topological polar surface area (TPSA) is 100 Å². The second kappa shape index (κ2) is 11.0. The summed E-state index contributed by atoms with van der Waals surface area (Å²) in [5.41, 5.74) is 1.76. The van der Waals surface area contributed by atoms with Gasteiger partial charge in [-0.3, -0.25) is 14.4 Å². The van der Waals surface area contributed by atoms with Crippen LogP contribution in [0.2, 0.25) is 5.02 Å².